The van der Waals surface area contributed by atoms with Gasteiger partial charge in [0.1, 0.15) is 5.82 Å². The van der Waals surface area contributed by atoms with Crippen LogP contribution in [0.2, 0.25) is 5.02 Å². The van der Waals surface area contributed by atoms with Gasteiger partial charge in [-0.25, -0.2) is 9.29 Å². The highest BCUT2D eigenvalue weighted by Gasteiger charge is 2.67. The average molecular weight is 826 g/mol. The number of morpholine rings is 1. The van der Waals surface area contributed by atoms with E-state index < -0.39 is 52.6 Å². The number of hydrogen-bond acceptors (Lipinski definition) is 8. The fraction of sp³-hybridized carbons (Fsp3) is 0.368. The second-order valence-corrected chi connectivity index (χ2v) is 15.5. The average Bonchev–Trinajstić information content (AvgIpc) is 3.50. The number of amides is 4. The first-order valence-corrected chi connectivity index (χ1v) is 18.3. The Morgan fingerprint density at radius 1 is 0.922 bits per heavy atom. The molecule has 8 rings (SSSR count). The van der Waals surface area contributed by atoms with E-state index in [9.17, 15) is 28.7 Å². The van der Waals surface area contributed by atoms with Gasteiger partial charge in [-0.3, -0.25) is 24.1 Å². The molecule has 2 aliphatic carbocycles. The fourth-order valence-electron chi connectivity index (χ4n) is 9.07. The van der Waals surface area contributed by atoms with Gasteiger partial charge in [0.15, 0.2) is 11.5 Å². The van der Waals surface area contributed by atoms with E-state index in [1.54, 1.807) is 31.2 Å². The molecule has 3 aromatic rings. The van der Waals surface area contributed by atoms with E-state index in [2.05, 4.69) is 4.90 Å². The lowest BCUT2D eigenvalue weighted by molar-refractivity contribution is -0.131. The van der Waals surface area contributed by atoms with Gasteiger partial charge in [-0.2, -0.15) is 0 Å². The van der Waals surface area contributed by atoms with Crippen LogP contribution in [-0.4, -0.2) is 62.1 Å². The number of methoxy groups -OCH3 is 1. The quantitative estimate of drug-likeness (QED) is 0.188. The van der Waals surface area contributed by atoms with Gasteiger partial charge >= 0.3 is 0 Å². The van der Waals surface area contributed by atoms with Gasteiger partial charge in [0.2, 0.25) is 23.6 Å². The number of rotatable bonds is 5. The molecule has 0 aromatic heterocycles. The van der Waals surface area contributed by atoms with Gasteiger partial charge in [0.05, 0.1) is 63.5 Å². The number of anilines is 3. The number of phenolic OH excluding ortho intramolecular Hbond substituents is 1. The van der Waals surface area contributed by atoms with Crippen molar-refractivity contribution in [1.29, 1.82) is 0 Å². The molecule has 3 aliphatic heterocycles. The Balaban J connectivity index is 1.21. The van der Waals surface area contributed by atoms with Crippen LogP contribution in [0, 0.1) is 38.5 Å². The summed E-state index contributed by atoms with van der Waals surface area (Å²) < 4.78 is 25.7. The molecule has 4 fully saturated rings. The molecule has 3 saturated heterocycles. The number of nitrogens with zero attached hydrogens (tertiary/aromatic N) is 3. The highest BCUT2D eigenvalue weighted by molar-refractivity contribution is 14.1. The standard InChI is InChI=1S/C38H34ClFIN3O7/c1-38-26(35(47)44(37(38)49)22-7-10-28(40)27(39)17-22)18-25-23(32(38)19-15-29(41)33(45)30(16-19)50-2)8-9-24-31(25)36(48)43(34(24)46)21-5-3-20(4-6-21)42-11-13-51-14-12-42/h3-8,10,15-17,24-26,31-32,45H,9,11-14,18H2,1-2H3. The SMILES string of the molecule is COc1cc(C2C3=CCC4C(=O)N(c5ccc(N6CCOCC6)cc5)C(=O)C4C3CC3C(=O)N(c4ccc(F)c(Cl)c4)C(=O)C32C)cc(I)c1O. The first kappa shape index (κ1) is 34.1. The third-order valence-electron chi connectivity index (χ3n) is 11.5. The summed E-state index contributed by atoms with van der Waals surface area (Å²) >= 11 is 8.11. The molecular weight excluding hydrogens is 792 g/mol. The second kappa shape index (κ2) is 12.6. The summed E-state index contributed by atoms with van der Waals surface area (Å²) in [6.07, 6.45) is 2.41. The number of halogens is 3. The van der Waals surface area contributed by atoms with Gasteiger partial charge in [0.25, 0.3) is 0 Å². The van der Waals surface area contributed by atoms with E-state index in [0.717, 1.165) is 35.3 Å². The van der Waals surface area contributed by atoms with E-state index in [0.29, 0.717) is 28.0 Å². The molecule has 10 nitrogen and oxygen atoms in total. The van der Waals surface area contributed by atoms with Crippen molar-refractivity contribution in [3.8, 4) is 11.5 Å². The van der Waals surface area contributed by atoms with E-state index in [1.165, 1.54) is 24.1 Å². The minimum Gasteiger partial charge on any atom is -0.504 e. The molecule has 0 spiro atoms. The Morgan fingerprint density at radius 3 is 2.29 bits per heavy atom. The maximum absolute atomic E-state index is 14.7. The highest BCUT2D eigenvalue weighted by Crippen LogP contribution is 2.64. The number of carbonyl (C=O) groups excluding carboxylic acids is 4. The predicted octanol–water partition coefficient (Wildman–Crippen LogP) is 6.07. The first-order chi connectivity index (χ1) is 24.4. The van der Waals surface area contributed by atoms with Crippen LogP contribution >= 0.6 is 34.2 Å². The van der Waals surface area contributed by atoms with Crippen LogP contribution in [0.5, 0.6) is 11.5 Å². The molecule has 1 saturated carbocycles. The normalized spacial score (nSPS) is 28.8. The summed E-state index contributed by atoms with van der Waals surface area (Å²) in [5.74, 6) is -5.65. The van der Waals surface area contributed by atoms with E-state index in [1.807, 2.05) is 40.8 Å². The summed E-state index contributed by atoms with van der Waals surface area (Å²) in [5.41, 5.74) is 1.70. The molecule has 264 valence electrons. The maximum Gasteiger partial charge on any atom is 0.241 e. The van der Waals surface area contributed by atoms with Crippen molar-refractivity contribution >= 4 is 74.9 Å². The number of ether oxygens (including phenoxy) is 2. The molecule has 51 heavy (non-hydrogen) atoms. The Morgan fingerprint density at radius 2 is 1.61 bits per heavy atom. The number of imide groups is 2. The zero-order chi connectivity index (χ0) is 35.9. The number of allylic oxidation sites excluding steroid dienone is 2. The van der Waals surface area contributed by atoms with Gasteiger partial charge in [-0.15, -0.1) is 0 Å². The van der Waals surface area contributed by atoms with Crippen LogP contribution in [0.3, 0.4) is 0 Å². The lowest BCUT2D eigenvalue weighted by atomic mass is 9.51. The number of phenols is 1. The smallest absolute Gasteiger partial charge is 0.241 e. The number of aromatic hydroxyl groups is 1. The Kier molecular flexibility index (Phi) is 8.42. The Hall–Kier alpha value is -4.01. The summed E-state index contributed by atoms with van der Waals surface area (Å²) in [6.45, 7) is 4.52. The van der Waals surface area contributed by atoms with Crippen LogP contribution in [0.4, 0.5) is 21.5 Å². The van der Waals surface area contributed by atoms with Crippen molar-refractivity contribution in [3.63, 3.8) is 0 Å². The lowest BCUT2D eigenvalue weighted by Gasteiger charge is -2.49. The van der Waals surface area contributed by atoms with Gasteiger partial charge in [0, 0.05) is 24.7 Å². The minimum atomic E-state index is -1.33. The zero-order valence-corrected chi connectivity index (χ0v) is 30.7. The molecule has 6 unspecified atom stereocenters. The number of benzene rings is 3. The van der Waals surface area contributed by atoms with Crippen molar-refractivity contribution < 1.29 is 38.1 Å². The predicted molar refractivity (Wildman–Crippen MR) is 195 cm³/mol. The number of hydrogen-bond donors (Lipinski definition) is 1. The summed E-state index contributed by atoms with van der Waals surface area (Å²) in [6, 6.07) is 14.6. The van der Waals surface area contributed by atoms with Crippen molar-refractivity contribution in [2.24, 2.45) is 29.1 Å². The highest BCUT2D eigenvalue weighted by atomic mass is 127. The first-order valence-electron chi connectivity index (χ1n) is 16.9. The molecule has 3 aromatic carbocycles. The van der Waals surface area contributed by atoms with Gasteiger partial charge in [-0.1, -0.05) is 23.3 Å². The Bertz CT molecular complexity index is 2040. The van der Waals surface area contributed by atoms with Crippen molar-refractivity contribution in [2.45, 2.75) is 25.7 Å². The summed E-state index contributed by atoms with van der Waals surface area (Å²) in [5, 5.41) is 10.5. The van der Waals surface area contributed by atoms with E-state index in [-0.39, 0.29) is 46.9 Å². The summed E-state index contributed by atoms with van der Waals surface area (Å²) in [4.78, 5) is 62.2. The van der Waals surface area contributed by atoms with Crippen molar-refractivity contribution in [2.75, 3.05) is 48.1 Å². The number of fused-ring (bicyclic) bond motifs is 4. The van der Waals surface area contributed by atoms with Crippen molar-refractivity contribution in [1.82, 2.24) is 0 Å². The minimum absolute atomic E-state index is 0.0585. The topological polar surface area (TPSA) is 117 Å². The molecule has 0 radical (unpaired) electrons. The summed E-state index contributed by atoms with van der Waals surface area (Å²) in [7, 11) is 1.43. The van der Waals surface area contributed by atoms with Crippen LogP contribution in [0.25, 0.3) is 0 Å². The van der Waals surface area contributed by atoms with Crippen LogP contribution in [0.15, 0.2) is 66.2 Å². The Labute approximate surface area is 312 Å². The van der Waals surface area contributed by atoms with E-state index in [4.69, 9.17) is 21.1 Å². The molecule has 3 heterocycles. The third-order valence-corrected chi connectivity index (χ3v) is 12.6. The molecular formula is C38H34ClFIN3O7. The van der Waals surface area contributed by atoms with Crippen LogP contribution < -0.4 is 19.4 Å². The zero-order valence-electron chi connectivity index (χ0n) is 27.8. The molecule has 4 amide bonds. The molecule has 6 atom stereocenters. The molecule has 1 N–H and O–H groups in total. The third kappa shape index (κ3) is 5.11. The molecule has 13 heteroatoms. The number of carbonyl (C=O) groups is 4. The fourth-order valence-corrected chi connectivity index (χ4v) is 9.87. The van der Waals surface area contributed by atoms with Gasteiger partial charge in [-0.05, 0) is 108 Å². The lowest BCUT2D eigenvalue weighted by Crippen LogP contribution is -2.49. The van der Waals surface area contributed by atoms with Crippen LogP contribution in [-0.2, 0) is 23.9 Å². The van der Waals surface area contributed by atoms with E-state index >= 15 is 0 Å². The largest absolute Gasteiger partial charge is 0.504 e. The van der Waals surface area contributed by atoms with Crippen molar-refractivity contribution in [3.05, 3.63) is 86.2 Å². The molecule has 5 aliphatic rings. The molecule has 0 bridgehead atoms. The maximum atomic E-state index is 14.7. The monoisotopic (exact) mass is 825 g/mol. The second-order valence-electron chi connectivity index (χ2n) is 13.9. The van der Waals surface area contributed by atoms with Crippen LogP contribution in [0.1, 0.15) is 31.2 Å². The van der Waals surface area contributed by atoms with Gasteiger partial charge < -0.3 is 19.5 Å².